The molecule has 3 rings (SSSR count). The van der Waals surface area contributed by atoms with Gasteiger partial charge >= 0.3 is 5.97 Å². The molecule has 0 aliphatic rings. The SMILES string of the molecule is Cc1c(Cl)cc(OC(=O)COc2ccc(-c3ccccc3)cc2Br)cc1Cl. The van der Waals surface area contributed by atoms with Crippen molar-refractivity contribution in [3.05, 3.63) is 80.7 Å². The van der Waals surface area contributed by atoms with Crippen molar-refractivity contribution in [2.24, 2.45) is 0 Å². The summed E-state index contributed by atoms with van der Waals surface area (Å²) in [7, 11) is 0. The van der Waals surface area contributed by atoms with Crippen LogP contribution in [0.5, 0.6) is 11.5 Å². The summed E-state index contributed by atoms with van der Waals surface area (Å²) in [6.07, 6.45) is 0. The molecule has 6 heteroatoms. The van der Waals surface area contributed by atoms with Gasteiger partial charge < -0.3 is 9.47 Å². The molecule has 3 aromatic rings. The molecule has 3 nitrogen and oxygen atoms in total. The Balaban J connectivity index is 1.64. The predicted molar refractivity (Wildman–Crippen MR) is 112 cm³/mol. The molecule has 0 N–H and O–H groups in total. The third-order valence-corrected chi connectivity index (χ3v) is 5.28. The monoisotopic (exact) mass is 464 g/mol. The first-order valence-corrected chi connectivity index (χ1v) is 9.63. The molecule has 138 valence electrons. The average Bonchev–Trinajstić information content (AvgIpc) is 2.65. The Kier molecular flexibility index (Phi) is 6.42. The fraction of sp³-hybridized carbons (Fsp3) is 0.0952. The maximum absolute atomic E-state index is 12.0. The summed E-state index contributed by atoms with van der Waals surface area (Å²) in [5, 5.41) is 0.871. The minimum absolute atomic E-state index is 0.244. The van der Waals surface area contributed by atoms with Crippen LogP contribution in [0.4, 0.5) is 0 Å². The van der Waals surface area contributed by atoms with E-state index >= 15 is 0 Å². The summed E-state index contributed by atoms with van der Waals surface area (Å²) >= 11 is 15.6. The third kappa shape index (κ3) is 5.04. The Morgan fingerprint density at radius 3 is 2.26 bits per heavy atom. The summed E-state index contributed by atoms with van der Waals surface area (Å²) < 4.78 is 11.5. The number of esters is 1. The summed E-state index contributed by atoms with van der Waals surface area (Å²) in [4.78, 5) is 12.0. The zero-order valence-corrected chi connectivity index (χ0v) is 17.4. The lowest BCUT2D eigenvalue weighted by molar-refractivity contribution is -0.136. The molecule has 3 aromatic carbocycles. The molecular weight excluding hydrogens is 451 g/mol. The second kappa shape index (κ2) is 8.79. The van der Waals surface area contributed by atoms with E-state index in [1.165, 1.54) is 0 Å². The molecule has 0 heterocycles. The Labute approximate surface area is 176 Å². The maximum Gasteiger partial charge on any atom is 0.349 e. The van der Waals surface area contributed by atoms with E-state index in [4.69, 9.17) is 32.7 Å². The first kappa shape index (κ1) is 19.7. The van der Waals surface area contributed by atoms with Crippen LogP contribution in [0.1, 0.15) is 5.56 Å². The van der Waals surface area contributed by atoms with Crippen molar-refractivity contribution in [3.8, 4) is 22.6 Å². The lowest BCUT2D eigenvalue weighted by Crippen LogP contribution is -2.17. The van der Waals surface area contributed by atoms with E-state index in [0.717, 1.165) is 21.2 Å². The molecule has 0 aromatic heterocycles. The van der Waals surface area contributed by atoms with E-state index < -0.39 is 5.97 Å². The van der Waals surface area contributed by atoms with Crippen LogP contribution in [0.15, 0.2) is 65.1 Å². The van der Waals surface area contributed by atoms with E-state index in [0.29, 0.717) is 15.8 Å². The van der Waals surface area contributed by atoms with Crippen LogP contribution >= 0.6 is 39.1 Å². The van der Waals surface area contributed by atoms with Gasteiger partial charge in [0.2, 0.25) is 0 Å². The first-order chi connectivity index (χ1) is 12.9. The minimum atomic E-state index is -0.551. The Morgan fingerprint density at radius 2 is 1.63 bits per heavy atom. The average molecular weight is 466 g/mol. The van der Waals surface area contributed by atoms with Crippen molar-refractivity contribution < 1.29 is 14.3 Å². The number of hydrogen-bond donors (Lipinski definition) is 0. The van der Waals surface area contributed by atoms with Gasteiger partial charge in [-0.1, -0.05) is 59.6 Å². The Bertz CT molecular complexity index is 951. The summed E-state index contributed by atoms with van der Waals surface area (Å²) in [6, 6.07) is 18.7. The van der Waals surface area contributed by atoms with Crippen LogP contribution in [-0.2, 0) is 4.79 Å². The molecule has 0 unspecified atom stereocenters. The van der Waals surface area contributed by atoms with Gasteiger partial charge in [0.25, 0.3) is 0 Å². The first-order valence-electron chi connectivity index (χ1n) is 8.08. The lowest BCUT2D eigenvalue weighted by Gasteiger charge is -2.11. The van der Waals surface area contributed by atoms with Gasteiger partial charge in [0.1, 0.15) is 11.5 Å². The second-order valence-electron chi connectivity index (χ2n) is 5.79. The van der Waals surface area contributed by atoms with Crippen LogP contribution in [0.2, 0.25) is 10.0 Å². The molecular formula is C21H15BrCl2O3. The van der Waals surface area contributed by atoms with Gasteiger partial charge in [-0.3, -0.25) is 0 Å². The smallest absolute Gasteiger partial charge is 0.349 e. The van der Waals surface area contributed by atoms with Crippen LogP contribution in [0.25, 0.3) is 11.1 Å². The predicted octanol–water partition coefficient (Wildman–Crippen LogP) is 6.72. The van der Waals surface area contributed by atoms with Crippen LogP contribution in [0, 0.1) is 6.92 Å². The van der Waals surface area contributed by atoms with E-state index in [1.54, 1.807) is 25.1 Å². The summed E-state index contributed by atoms with van der Waals surface area (Å²) in [5.74, 6) is 0.277. The fourth-order valence-corrected chi connectivity index (χ4v) is 3.37. The maximum atomic E-state index is 12.0. The Hall–Kier alpha value is -2.01. The number of halogens is 3. The number of carbonyl (C=O) groups is 1. The van der Waals surface area contributed by atoms with Crippen molar-refractivity contribution in [1.29, 1.82) is 0 Å². The topological polar surface area (TPSA) is 35.5 Å². The third-order valence-electron chi connectivity index (χ3n) is 3.87. The molecule has 0 aliphatic heterocycles. The van der Waals surface area contributed by atoms with Crippen LogP contribution in [-0.4, -0.2) is 12.6 Å². The minimum Gasteiger partial charge on any atom is -0.481 e. The lowest BCUT2D eigenvalue weighted by atomic mass is 10.1. The molecule has 0 amide bonds. The number of ether oxygens (including phenoxy) is 2. The van der Waals surface area contributed by atoms with E-state index in [1.807, 2.05) is 42.5 Å². The second-order valence-corrected chi connectivity index (χ2v) is 7.45. The highest BCUT2D eigenvalue weighted by molar-refractivity contribution is 9.10. The molecule has 0 radical (unpaired) electrons. The normalized spacial score (nSPS) is 10.5. The standard InChI is InChI=1S/C21H15BrCl2O3/c1-13-18(23)10-16(11-19(13)24)27-21(25)12-26-20-8-7-15(9-17(20)22)14-5-3-2-4-6-14/h2-11H,12H2,1H3. The highest BCUT2D eigenvalue weighted by Crippen LogP contribution is 2.31. The summed E-state index contributed by atoms with van der Waals surface area (Å²) in [5.41, 5.74) is 2.87. The van der Waals surface area contributed by atoms with E-state index in [9.17, 15) is 4.79 Å². The van der Waals surface area contributed by atoms with Crippen molar-refractivity contribution >= 4 is 45.1 Å². The number of rotatable bonds is 5. The van der Waals surface area contributed by atoms with Crippen molar-refractivity contribution in [1.82, 2.24) is 0 Å². The van der Waals surface area contributed by atoms with Gasteiger partial charge in [0.05, 0.1) is 4.47 Å². The van der Waals surface area contributed by atoms with Gasteiger partial charge in [-0.25, -0.2) is 4.79 Å². The molecule has 0 atom stereocenters. The molecule has 0 bridgehead atoms. The highest BCUT2D eigenvalue weighted by atomic mass is 79.9. The van der Waals surface area contributed by atoms with Crippen LogP contribution in [0.3, 0.4) is 0 Å². The number of carbonyl (C=O) groups excluding carboxylic acids is 1. The van der Waals surface area contributed by atoms with Crippen molar-refractivity contribution in [3.63, 3.8) is 0 Å². The zero-order valence-electron chi connectivity index (χ0n) is 14.3. The molecule has 0 aliphatic carbocycles. The molecule has 0 spiro atoms. The largest absolute Gasteiger partial charge is 0.481 e. The molecule has 0 saturated heterocycles. The van der Waals surface area contributed by atoms with E-state index in [2.05, 4.69) is 15.9 Å². The zero-order chi connectivity index (χ0) is 19.4. The van der Waals surface area contributed by atoms with Crippen molar-refractivity contribution in [2.45, 2.75) is 6.92 Å². The van der Waals surface area contributed by atoms with E-state index in [-0.39, 0.29) is 12.4 Å². The fourth-order valence-electron chi connectivity index (χ4n) is 2.41. The summed E-state index contributed by atoms with van der Waals surface area (Å²) in [6.45, 7) is 1.54. The molecule has 27 heavy (non-hydrogen) atoms. The quantitative estimate of drug-likeness (QED) is 0.310. The molecule has 0 saturated carbocycles. The Morgan fingerprint density at radius 1 is 0.963 bits per heavy atom. The number of benzene rings is 3. The number of hydrogen-bond acceptors (Lipinski definition) is 3. The van der Waals surface area contributed by atoms with Crippen molar-refractivity contribution in [2.75, 3.05) is 6.61 Å². The van der Waals surface area contributed by atoms with Gasteiger partial charge in [0, 0.05) is 10.0 Å². The highest BCUT2D eigenvalue weighted by Gasteiger charge is 2.12. The van der Waals surface area contributed by atoms with Gasteiger partial charge in [-0.15, -0.1) is 0 Å². The van der Waals surface area contributed by atoms with Gasteiger partial charge in [-0.2, -0.15) is 0 Å². The van der Waals surface area contributed by atoms with Gasteiger partial charge in [-0.05, 0) is 63.8 Å². The molecule has 0 fully saturated rings. The van der Waals surface area contributed by atoms with Crippen LogP contribution < -0.4 is 9.47 Å². The van der Waals surface area contributed by atoms with Gasteiger partial charge in [0.15, 0.2) is 6.61 Å².